The van der Waals surface area contributed by atoms with Crippen LogP contribution in [-0.2, 0) is 4.79 Å². The summed E-state index contributed by atoms with van der Waals surface area (Å²) < 4.78 is 7.98. The van der Waals surface area contributed by atoms with Gasteiger partial charge in [-0.25, -0.2) is 4.79 Å². The first-order valence-corrected chi connectivity index (χ1v) is 18.3. The quantitative estimate of drug-likeness (QED) is 0.245. The molecular formula is C36H56N8O3. The molecule has 4 heterocycles. The third-order valence-corrected chi connectivity index (χ3v) is 11.0. The molecule has 0 bridgehead atoms. The highest BCUT2D eigenvalue weighted by atomic mass is 16.5. The Labute approximate surface area is 280 Å². The van der Waals surface area contributed by atoms with Crippen molar-refractivity contribution in [3.05, 3.63) is 40.4 Å². The predicted octanol–water partition coefficient (Wildman–Crippen LogP) is 4.42. The van der Waals surface area contributed by atoms with Crippen molar-refractivity contribution in [1.82, 2.24) is 29.6 Å². The van der Waals surface area contributed by atoms with Crippen LogP contribution in [-0.4, -0.2) is 101 Å². The molecule has 11 nitrogen and oxygen atoms in total. The fraction of sp³-hybridized carbons (Fsp3) is 0.694. The third kappa shape index (κ3) is 8.36. The van der Waals surface area contributed by atoms with E-state index in [1.165, 1.54) is 5.56 Å². The number of aromatic nitrogens is 2. The Morgan fingerprint density at radius 3 is 2.43 bits per heavy atom. The first-order valence-electron chi connectivity index (χ1n) is 18.3. The molecule has 0 unspecified atom stereocenters. The summed E-state index contributed by atoms with van der Waals surface area (Å²) in [7, 11) is 0. The number of hydrogen-bond donors (Lipinski definition) is 3. The van der Waals surface area contributed by atoms with E-state index in [0.29, 0.717) is 36.0 Å². The van der Waals surface area contributed by atoms with Crippen molar-refractivity contribution in [2.45, 2.75) is 102 Å². The van der Waals surface area contributed by atoms with E-state index in [2.05, 4.69) is 56.3 Å². The second-order valence-electron chi connectivity index (χ2n) is 14.0. The van der Waals surface area contributed by atoms with Crippen molar-refractivity contribution in [1.29, 1.82) is 0 Å². The molecule has 3 fully saturated rings. The molecule has 47 heavy (non-hydrogen) atoms. The number of nitrogens with two attached hydrogens (primary N) is 1. The van der Waals surface area contributed by atoms with Crippen molar-refractivity contribution in [3.63, 3.8) is 0 Å². The molecule has 0 radical (unpaired) electrons. The van der Waals surface area contributed by atoms with Crippen LogP contribution in [0.15, 0.2) is 29.2 Å². The van der Waals surface area contributed by atoms with E-state index in [1.807, 2.05) is 12.3 Å². The molecule has 4 aliphatic rings. The van der Waals surface area contributed by atoms with Gasteiger partial charge in [-0.05, 0) is 134 Å². The second-order valence-corrected chi connectivity index (χ2v) is 14.0. The number of hydrogen-bond acceptors (Lipinski definition) is 9. The van der Waals surface area contributed by atoms with E-state index in [4.69, 9.17) is 10.5 Å². The number of amides is 1. The number of anilines is 2. The van der Waals surface area contributed by atoms with E-state index < -0.39 is 0 Å². The number of carbonyl (C=O) groups excluding carboxylic acids is 1. The topological polar surface area (TPSA) is 121 Å². The Kier molecular flexibility index (Phi) is 11.5. The molecule has 1 amide bonds. The molecule has 2 saturated heterocycles. The molecule has 2 aromatic rings. The number of rotatable bonds is 12. The molecule has 1 aliphatic carbocycles. The van der Waals surface area contributed by atoms with Gasteiger partial charge < -0.3 is 30.9 Å². The summed E-state index contributed by atoms with van der Waals surface area (Å²) in [4.78, 5) is 38.1. The van der Waals surface area contributed by atoms with E-state index in [-0.39, 0.29) is 17.8 Å². The Morgan fingerprint density at radius 1 is 0.979 bits per heavy atom. The lowest BCUT2D eigenvalue weighted by atomic mass is 9.89. The molecule has 11 heteroatoms. The standard InChI is InChI=1S/C36H56N8O3/c1-3-41(4-2)19-5-6-20-43(30-13-17-38-18-14-30)34(45)25-42-21-15-26(16-22-42)27-7-12-32-31(23-27)39-35-33(47-32)24-44(36(46)40-35)29-10-8-28(37)9-11-29/h7,12,23-24,26,28-30,38H,3-6,8-11,13-22,25,37H2,1-2H3,(H,39,40,46). The molecule has 1 saturated carbocycles. The monoisotopic (exact) mass is 648 g/mol. The van der Waals surface area contributed by atoms with Crippen LogP contribution in [0.4, 0.5) is 11.5 Å². The summed E-state index contributed by atoms with van der Waals surface area (Å²) in [5.41, 5.74) is 7.93. The number of fused-ring (bicyclic) bond motifs is 2. The summed E-state index contributed by atoms with van der Waals surface area (Å²) >= 11 is 0. The SMILES string of the molecule is CCN(CC)CCCCN(C(=O)CN1CCC(c2ccc3c(c2)Nc2nc(=O)n(C4CCC(N)CC4)cc2O3)CC1)C1CCNCC1. The zero-order valence-electron chi connectivity index (χ0n) is 28.6. The van der Waals surface area contributed by atoms with Crippen LogP contribution in [0.2, 0.25) is 0 Å². The second kappa shape index (κ2) is 15.9. The smallest absolute Gasteiger partial charge is 0.350 e. The van der Waals surface area contributed by atoms with Gasteiger partial charge in [0.25, 0.3) is 0 Å². The maximum absolute atomic E-state index is 13.7. The molecule has 0 spiro atoms. The van der Waals surface area contributed by atoms with Gasteiger partial charge in [0.15, 0.2) is 17.3 Å². The minimum atomic E-state index is -0.250. The van der Waals surface area contributed by atoms with Crippen LogP contribution in [0.5, 0.6) is 11.5 Å². The molecule has 6 rings (SSSR count). The number of carbonyl (C=O) groups is 1. The summed E-state index contributed by atoms with van der Waals surface area (Å²) in [6, 6.07) is 7.04. The lowest BCUT2D eigenvalue weighted by molar-refractivity contribution is -0.135. The zero-order valence-corrected chi connectivity index (χ0v) is 28.6. The first kappa shape index (κ1) is 33.9. The number of nitrogens with one attached hydrogen (secondary N) is 2. The average molecular weight is 649 g/mol. The maximum Gasteiger partial charge on any atom is 0.350 e. The summed E-state index contributed by atoms with van der Waals surface area (Å²) in [5.74, 6) is 2.51. The lowest BCUT2D eigenvalue weighted by Gasteiger charge is -2.38. The molecule has 1 aromatic heterocycles. The van der Waals surface area contributed by atoms with Gasteiger partial charge in [0.1, 0.15) is 0 Å². The van der Waals surface area contributed by atoms with Gasteiger partial charge in [0.2, 0.25) is 5.91 Å². The van der Waals surface area contributed by atoms with Crippen molar-refractivity contribution in [3.8, 4) is 11.5 Å². The lowest BCUT2D eigenvalue weighted by Crippen LogP contribution is -2.50. The molecule has 1 aromatic carbocycles. The predicted molar refractivity (Wildman–Crippen MR) is 187 cm³/mol. The number of unbranched alkanes of at least 4 members (excludes halogenated alkanes) is 1. The summed E-state index contributed by atoms with van der Waals surface area (Å²) in [5, 5.41) is 6.83. The average Bonchev–Trinajstić information content (AvgIpc) is 3.09. The van der Waals surface area contributed by atoms with Crippen LogP contribution >= 0.6 is 0 Å². The highest BCUT2D eigenvalue weighted by Crippen LogP contribution is 2.43. The summed E-state index contributed by atoms with van der Waals surface area (Å²) in [6.45, 7) is 12.9. The molecule has 258 valence electrons. The van der Waals surface area contributed by atoms with Crippen LogP contribution in [0.25, 0.3) is 0 Å². The van der Waals surface area contributed by atoms with Gasteiger partial charge in [0, 0.05) is 24.7 Å². The zero-order chi connectivity index (χ0) is 32.8. The maximum atomic E-state index is 13.7. The Balaban J connectivity index is 1.03. The van der Waals surface area contributed by atoms with Gasteiger partial charge >= 0.3 is 5.69 Å². The van der Waals surface area contributed by atoms with Gasteiger partial charge in [-0.2, -0.15) is 4.98 Å². The largest absolute Gasteiger partial charge is 0.450 e. The Hall–Kier alpha value is -2.99. The number of ether oxygens (including phenoxy) is 1. The highest BCUT2D eigenvalue weighted by Gasteiger charge is 2.30. The Morgan fingerprint density at radius 2 is 1.70 bits per heavy atom. The third-order valence-electron chi connectivity index (χ3n) is 11.0. The van der Waals surface area contributed by atoms with E-state index in [1.54, 1.807) is 4.57 Å². The van der Waals surface area contributed by atoms with Crippen LogP contribution < -0.4 is 26.8 Å². The molecule has 4 N–H and O–H groups in total. The van der Waals surface area contributed by atoms with E-state index in [0.717, 1.165) is 128 Å². The van der Waals surface area contributed by atoms with E-state index >= 15 is 0 Å². The minimum absolute atomic E-state index is 0.115. The fourth-order valence-corrected chi connectivity index (χ4v) is 7.98. The van der Waals surface area contributed by atoms with E-state index in [9.17, 15) is 9.59 Å². The molecule has 0 atom stereocenters. The normalized spacial score (nSPS) is 22.3. The van der Waals surface area contributed by atoms with Crippen molar-refractivity contribution >= 4 is 17.4 Å². The molecular weight excluding hydrogens is 592 g/mol. The van der Waals surface area contributed by atoms with Gasteiger partial charge in [0.05, 0.1) is 18.4 Å². The number of nitrogens with zero attached hydrogens (tertiary/aromatic N) is 5. The van der Waals surface area contributed by atoms with Crippen LogP contribution in [0, 0.1) is 0 Å². The summed E-state index contributed by atoms with van der Waals surface area (Å²) in [6.07, 6.45) is 11.7. The van der Waals surface area contributed by atoms with Crippen molar-refractivity contribution in [2.75, 3.05) is 64.2 Å². The van der Waals surface area contributed by atoms with Gasteiger partial charge in [-0.15, -0.1) is 0 Å². The Bertz CT molecular complexity index is 1390. The van der Waals surface area contributed by atoms with Gasteiger partial charge in [-0.3, -0.25) is 14.3 Å². The number of likely N-dealkylation sites (tertiary alicyclic amines) is 1. The number of piperidine rings is 2. The fourth-order valence-electron chi connectivity index (χ4n) is 7.98. The van der Waals surface area contributed by atoms with Crippen LogP contribution in [0.1, 0.15) is 95.6 Å². The minimum Gasteiger partial charge on any atom is -0.450 e. The van der Waals surface area contributed by atoms with Crippen LogP contribution in [0.3, 0.4) is 0 Å². The highest BCUT2D eigenvalue weighted by molar-refractivity contribution is 5.78. The first-order chi connectivity index (χ1) is 22.9. The van der Waals surface area contributed by atoms with Crippen molar-refractivity contribution < 1.29 is 9.53 Å². The molecule has 3 aliphatic heterocycles. The van der Waals surface area contributed by atoms with Crippen molar-refractivity contribution in [2.24, 2.45) is 5.73 Å². The number of benzene rings is 1. The van der Waals surface area contributed by atoms with Gasteiger partial charge in [-0.1, -0.05) is 19.9 Å².